The number of rotatable bonds is 6. The average molecular weight is 366 g/mol. The third-order valence-electron chi connectivity index (χ3n) is 3.43. The molecule has 1 N–H and O–H groups in total. The summed E-state index contributed by atoms with van der Waals surface area (Å²) in [6.07, 6.45) is 12.0. The summed E-state index contributed by atoms with van der Waals surface area (Å²) >= 11 is 5.92. The van der Waals surface area contributed by atoms with Crippen molar-refractivity contribution in [2.75, 3.05) is 19.8 Å². The van der Waals surface area contributed by atoms with E-state index in [0.717, 1.165) is 35.2 Å². The van der Waals surface area contributed by atoms with Crippen LogP contribution in [-0.2, 0) is 16.6 Å². The highest BCUT2D eigenvalue weighted by molar-refractivity contribution is 7.88. The second-order valence-corrected chi connectivity index (χ2v) is 7.83. The first-order valence-corrected chi connectivity index (χ1v) is 9.56. The van der Waals surface area contributed by atoms with Gasteiger partial charge in [-0.1, -0.05) is 30.3 Å². The van der Waals surface area contributed by atoms with Crippen molar-refractivity contribution >= 4 is 27.3 Å². The zero-order chi connectivity index (χ0) is 17.7. The van der Waals surface area contributed by atoms with Crippen LogP contribution in [-0.4, -0.2) is 38.1 Å². The lowest BCUT2D eigenvalue weighted by molar-refractivity contribution is 0.546. The van der Waals surface area contributed by atoms with Gasteiger partial charge in [0.2, 0.25) is 10.0 Å². The van der Waals surface area contributed by atoms with Gasteiger partial charge in [-0.05, 0) is 29.4 Å². The normalized spacial score (nSPS) is 17.3. The fourth-order valence-electron chi connectivity index (χ4n) is 2.29. The number of halogens is 1. The molecule has 0 fully saturated rings. The van der Waals surface area contributed by atoms with Crippen molar-refractivity contribution in [3.8, 4) is 0 Å². The van der Waals surface area contributed by atoms with Crippen molar-refractivity contribution in [3.63, 3.8) is 0 Å². The molecule has 128 valence electrons. The van der Waals surface area contributed by atoms with E-state index in [0.29, 0.717) is 5.03 Å². The Morgan fingerprint density at radius 1 is 1.50 bits per heavy atom. The Balaban J connectivity index is 2.23. The van der Waals surface area contributed by atoms with E-state index in [1.165, 1.54) is 0 Å². The minimum Gasteiger partial charge on any atom is -0.370 e. The Labute approximate surface area is 148 Å². The molecule has 24 heavy (non-hydrogen) atoms. The molecule has 1 aromatic heterocycles. The summed E-state index contributed by atoms with van der Waals surface area (Å²) in [6.45, 7) is 4.60. The highest BCUT2D eigenvalue weighted by atomic mass is 35.5. The molecule has 7 heteroatoms. The van der Waals surface area contributed by atoms with E-state index in [1.807, 2.05) is 25.3 Å². The SMILES string of the molecule is C=C/C(Cl)=C\C=C1\C=C(c2cncc(CNS(C)(=O)=O)c2)N(C)C1. The maximum absolute atomic E-state index is 11.2. The minimum absolute atomic E-state index is 0.219. The van der Waals surface area contributed by atoms with E-state index >= 15 is 0 Å². The number of aromatic nitrogens is 1. The molecular weight excluding hydrogens is 346 g/mol. The van der Waals surface area contributed by atoms with E-state index in [4.69, 9.17) is 11.6 Å². The lowest BCUT2D eigenvalue weighted by atomic mass is 10.1. The van der Waals surface area contributed by atoms with Gasteiger partial charge in [-0.25, -0.2) is 13.1 Å². The van der Waals surface area contributed by atoms with Crippen LogP contribution >= 0.6 is 11.6 Å². The highest BCUT2D eigenvalue weighted by Crippen LogP contribution is 2.27. The van der Waals surface area contributed by atoms with Gasteiger partial charge < -0.3 is 4.90 Å². The third-order valence-corrected chi connectivity index (χ3v) is 4.38. The molecule has 2 heterocycles. The molecule has 0 aromatic carbocycles. The van der Waals surface area contributed by atoms with Crippen molar-refractivity contribution in [2.24, 2.45) is 0 Å². The van der Waals surface area contributed by atoms with Crippen molar-refractivity contribution in [2.45, 2.75) is 6.54 Å². The molecule has 0 bridgehead atoms. The summed E-state index contributed by atoms with van der Waals surface area (Å²) in [7, 11) is -1.24. The Morgan fingerprint density at radius 3 is 2.92 bits per heavy atom. The van der Waals surface area contributed by atoms with Gasteiger partial charge in [0, 0.05) is 48.8 Å². The molecule has 1 aromatic rings. The maximum Gasteiger partial charge on any atom is 0.209 e. The second kappa shape index (κ2) is 7.79. The van der Waals surface area contributed by atoms with Gasteiger partial charge in [-0.15, -0.1) is 0 Å². The number of nitrogens with one attached hydrogen (secondary N) is 1. The first-order valence-electron chi connectivity index (χ1n) is 7.29. The molecule has 0 aliphatic carbocycles. The first-order chi connectivity index (χ1) is 11.3. The molecular formula is C17H20ClN3O2S. The second-order valence-electron chi connectivity index (χ2n) is 5.56. The van der Waals surface area contributed by atoms with E-state index in [-0.39, 0.29) is 6.54 Å². The fraction of sp³-hybridized carbons (Fsp3) is 0.235. The summed E-state index contributed by atoms with van der Waals surface area (Å²) in [4.78, 5) is 6.31. The fourth-order valence-corrected chi connectivity index (χ4v) is 2.78. The molecule has 2 rings (SSSR count). The number of likely N-dealkylation sites (N-methyl/N-ethyl adjacent to an activating group) is 1. The largest absolute Gasteiger partial charge is 0.370 e. The molecule has 0 unspecified atom stereocenters. The Morgan fingerprint density at radius 2 is 2.25 bits per heavy atom. The van der Waals surface area contributed by atoms with Crippen molar-refractivity contribution in [3.05, 3.63) is 71.1 Å². The quantitative estimate of drug-likeness (QED) is 0.787. The van der Waals surface area contributed by atoms with Crippen LogP contribution in [0.5, 0.6) is 0 Å². The van der Waals surface area contributed by atoms with Gasteiger partial charge in [0.25, 0.3) is 0 Å². The smallest absolute Gasteiger partial charge is 0.209 e. The molecule has 1 aliphatic heterocycles. The zero-order valence-electron chi connectivity index (χ0n) is 13.7. The topological polar surface area (TPSA) is 62.3 Å². The van der Waals surface area contributed by atoms with Crippen LogP contribution in [0.4, 0.5) is 0 Å². The average Bonchev–Trinajstić information content (AvgIpc) is 2.91. The van der Waals surface area contributed by atoms with E-state index in [2.05, 4.69) is 27.3 Å². The van der Waals surface area contributed by atoms with Crippen molar-refractivity contribution in [1.29, 1.82) is 0 Å². The summed E-state index contributed by atoms with van der Waals surface area (Å²) in [5.41, 5.74) is 3.89. The number of pyridine rings is 1. The van der Waals surface area contributed by atoms with Crippen LogP contribution in [0.3, 0.4) is 0 Å². The van der Waals surface area contributed by atoms with Gasteiger partial charge in [0.15, 0.2) is 0 Å². The van der Waals surface area contributed by atoms with Crippen molar-refractivity contribution < 1.29 is 8.42 Å². The Kier molecular flexibility index (Phi) is 5.99. The molecule has 0 spiro atoms. The summed E-state index contributed by atoms with van der Waals surface area (Å²) in [5, 5.41) is 0.586. The maximum atomic E-state index is 11.2. The minimum atomic E-state index is -3.23. The zero-order valence-corrected chi connectivity index (χ0v) is 15.2. The van der Waals surface area contributed by atoms with Crippen LogP contribution in [0.15, 0.2) is 59.9 Å². The van der Waals surface area contributed by atoms with Gasteiger partial charge in [0.05, 0.1) is 6.26 Å². The number of hydrogen-bond acceptors (Lipinski definition) is 4. The van der Waals surface area contributed by atoms with E-state index < -0.39 is 10.0 Å². The lowest BCUT2D eigenvalue weighted by Crippen LogP contribution is -2.21. The van der Waals surface area contributed by atoms with Crippen LogP contribution in [0.1, 0.15) is 11.1 Å². The molecule has 1 aliphatic rings. The number of hydrogen-bond donors (Lipinski definition) is 1. The standard InChI is InChI=1S/C17H20ClN3O2S/c1-4-16(18)6-5-13-8-17(21(2)12-13)15-7-14(9-19-11-15)10-20-24(3,22)23/h4-9,11,20H,1,10,12H2,2-3H3/b13-5-,16-6+. The predicted octanol–water partition coefficient (Wildman–Crippen LogP) is 2.65. The van der Waals surface area contributed by atoms with Crippen LogP contribution in [0, 0.1) is 0 Å². The molecule has 0 saturated heterocycles. The van der Waals surface area contributed by atoms with Gasteiger partial charge in [-0.3, -0.25) is 4.98 Å². The van der Waals surface area contributed by atoms with Crippen LogP contribution < -0.4 is 4.72 Å². The Bertz CT molecular complexity index is 826. The summed E-state index contributed by atoms with van der Waals surface area (Å²) in [5.74, 6) is 0. The van der Waals surface area contributed by atoms with Gasteiger partial charge in [-0.2, -0.15) is 0 Å². The van der Waals surface area contributed by atoms with Gasteiger partial charge >= 0.3 is 0 Å². The van der Waals surface area contributed by atoms with E-state index in [9.17, 15) is 8.42 Å². The van der Waals surface area contributed by atoms with Crippen LogP contribution in [0.25, 0.3) is 5.70 Å². The predicted molar refractivity (Wildman–Crippen MR) is 98.7 cm³/mol. The first kappa shape index (κ1) is 18.4. The number of nitrogens with zero attached hydrogens (tertiary/aromatic N) is 2. The molecule has 0 atom stereocenters. The third kappa shape index (κ3) is 5.33. The van der Waals surface area contributed by atoms with Crippen molar-refractivity contribution in [1.82, 2.24) is 14.6 Å². The number of allylic oxidation sites excluding steroid dienone is 4. The Hall–Kier alpha value is -1.89. The lowest BCUT2D eigenvalue weighted by Gasteiger charge is -2.16. The molecule has 5 nitrogen and oxygen atoms in total. The summed E-state index contributed by atoms with van der Waals surface area (Å²) < 4.78 is 24.9. The molecule has 0 amide bonds. The monoisotopic (exact) mass is 365 g/mol. The molecule has 0 saturated carbocycles. The van der Waals surface area contributed by atoms with Crippen LogP contribution in [0.2, 0.25) is 0 Å². The van der Waals surface area contributed by atoms with Gasteiger partial charge in [0.1, 0.15) is 0 Å². The highest BCUT2D eigenvalue weighted by Gasteiger charge is 2.17. The molecule has 0 radical (unpaired) electrons. The van der Waals surface area contributed by atoms with E-state index in [1.54, 1.807) is 18.5 Å². The number of sulfonamides is 1. The summed E-state index contributed by atoms with van der Waals surface area (Å²) in [6, 6.07) is 1.93.